The molecule has 1 N–H and O–H groups in total. The van der Waals surface area contributed by atoms with E-state index in [2.05, 4.69) is 5.32 Å². The van der Waals surface area contributed by atoms with Crippen LogP contribution < -0.4 is 5.32 Å². The fourth-order valence-electron chi connectivity index (χ4n) is 3.56. The molecule has 0 saturated carbocycles. The molecule has 3 nitrogen and oxygen atoms in total. The number of benzene rings is 2. The van der Waals surface area contributed by atoms with Crippen LogP contribution in [-0.2, 0) is 12.6 Å². The molecule has 1 aliphatic rings. The van der Waals surface area contributed by atoms with E-state index in [0.29, 0.717) is 13.0 Å². The van der Waals surface area contributed by atoms with Crippen molar-refractivity contribution in [1.82, 2.24) is 4.90 Å². The van der Waals surface area contributed by atoms with Crippen molar-refractivity contribution in [3.63, 3.8) is 0 Å². The van der Waals surface area contributed by atoms with Crippen LogP contribution in [0.4, 0.5) is 23.7 Å². The van der Waals surface area contributed by atoms with Crippen molar-refractivity contribution in [3.05, 3.63) is 87.6 Å². The number of carbonyl (C=O) groups is 1. The van der Waals surface area contributed by atoms with Gasteiger partial charge in [-0.2, -0.15) is 13.2 Å². The summed E-state index contributed by atoms with van der Waals surface area (Å²) < 4.78 is 39.8. The van der Waals surface area contributed by atoms with E-state index in [1.54, 1.807) is 16.2 Å². The second-order valence-electron chi connectivity index (χ2n) is 6.53. The van der Waals surface area contributed by atoms with E-state index in [1.165, 1.54) is 23.1 Å². The molecule has 1 aliphatic heterocycles. The van der Waals surface area contributed by atoms with Crippen molar-refractivity contribution >= 4 is 23.1 Å². The molecule has 2 amide bonds. The predicted octanol–water partition coefficient (Wildman–Crippen LogP) is 5.95. The molecule has 1 atom stereocenters. The maximum Gasteiger partial charge on any atom is 0.418 e. The molecule has 1 aromatic heterocycles. The number of thiophene rings is 1. The number of fused-ring (bicyclic) bond motifs is 1. The Morgan fingerprint density at radius 2 is 1.75 bits per heavy atom. The van der Waals surface area contributed by atoms with Gasteiger partial charge in [-0.15, -0.1) is 11.3 Å². The van der Waals surface area contributed by atoms with Crippen LogP contribution in [0.1, 0.15) is 27.6 Å². The zero-order valence-electron chi connectivity index (χ0n) is 14.7. The number of urea groups is 1. The van der Waals surface area contributed by atoms with Gasteiger partial charge in [-0.3, -0.25) is 0 Å². The molecule has 144 valence electrons. The Hall–Kier alpha value is -2.80. The highest BCUT2D eigenvalue weighted by Crippen LogP contribution is 2.39. The normalized spacial score (nSPS) is 16.5. The Balaban J connectivity index is 1.68. The van der Waals surface area contributed by atoms with Gasteiger partial charge < -0.3 is 10.2 Å². The number of halogens is 3. The van der Waals surface area contributed by atoms with Gasteiger partial charge in [0.15, 0.2) is 0 Å². The number of nitrogens with one attached hydrogen (secondary N) is 1. The van der Waals surface area contributed by atoms with Gasteiger partial charge in [0.25, 0.3) is 0 Å². The zero-order chi connectivity index (χ0) is 19.7. The molecule has 0 saturated heterocycles. The Morgan fingerprint density at radius 1 is 1.04 bits per heavy atom. The van der Waals surface area contributed by atoms with E-state index in [-0.39, 0.29) is 11.7 Å². The average molecular weight is 402 g/mol. The van der Waals surface area contributed by atoms with Crippen LogP contribution in [0.25, 0.3) is 0 Å². The molecule has 0 radical (unpaired) electrons. The first-order chi connectivity index (χ1) is 13.4. The molecule has 0 spiro atoms. The van der Waals surface area contributed by atoms with E-state index in [4.69, 9.17) is 0 Å². The molecule has 3 aromatic rings. The first-order valence-electron chi connectivity index (χ1n) is 8.80. The Morgan fingerprint density at radius 3 is 2.50 bits per heavy atom. The summed E-state index contributed by atoms with van der Waals surface area (Å²) in [4.78, 5) is 15.8. The lowest BCUT2D eigenvalue weighted by Gasteiger charge is -2.36. The minimum atomic E-state index is -4.54. The lowest BCUT2D eigenvalue weighted by atomic mass is 9.93. The highest BCUT2D eigenvalue weighted by atomic mass is 32.1. The number of carbonyl (C=O) groups excluding carboxylic acids is 1. The van der Waals surface area contributed by atoms with Gasteiger partial charge in [-0.25, -0.2) is 4.79 Å². The minimum absolute atomic E-state index is 0.233. The molecule has 0 bridgehead atoms. The Labute approximate surface area is 164 Å². The maximum absolute atomic E-state index is 13.3. The maximum atomic E-state index is 13.3. The van der Waals surface area contributed by atoms with Gasteiger partial charge in [0.2, 0.25) is 0 Å². The van der Waals surface area contributed by atoms with Crippen LogP contribution in [0.3, 0.4) is 0 Å². The Bertz CT molecular complexity index is 985. The van der Waals surface area contributed by atoms with Crippen LogP contribution in [0, 0.1) is 0 Å². The SMILES string of the molecule is O=C(Nc1ccccc1C(F)(F)F)N1CCc2sccc2[C@@H]1c1ccccc1. The predicted molar refractivity (Wildman–Crippen MR) is 103 cm³/mol. The van der Waals surface area contributed by atoms with Gasteiger partial charge >= 0.3 is 12.2 Å². The standard InChI is InChI=1S/C21H17F3N2OS/c22-21(23,24)16-8-4-5-9-17(16)25-20(27)26-12-10-18-15(11-13-28-18)19(26)14-6-2-1-3-7-14/h1-9,11,13,19H,10,12H2,(H,25,27)/t19-/m0/s1. The topological polar surface area (TPSA) is 32.3 Å². The van der Waals surface area contributed by atoms with Gasteiger partial charge in [-0.05, 0) is 41.1 Å². The number of hydrogen-bond donors (Lipinski definition) is 1. The smallest absolute Gasteiger partial charge is 0.313 e. The highest BCUT2D eigenvalue weighted by molar-refractivity contribution is 7.10. The summed E-state index contributed by atoms with van der Waals surface area (Å²) in [6, 6.07) is 15.7. The van der Waals surface area contributed by atoms with E-state index >= 15 is 0 Å². The third-order valence-corrected chi connectivity index (χ3v) is 5.81. The summed E-state index contributed by atoms with van der Waals surface area (Å²) in [6.07, 6.45) is -3.85. The van der Waals surface area contributed by atoms with Gasteiger partial charge in [0, 0.05) is 11.4 Å². The molecule has 7 heteroatoms. The molecule has 2 aromatic carbocycles. The number of para-hydroxylation sites is 1. The molecule has 0 unspecified atom stereocenters. The summed E-state index contributed by atoms with van der Waals surface area (Å²) >= 11 is 1.64. The van der Waals surface area contributed by atoms with Crippen LogP contribution in [0.15, 0.2) is 66.0 Å². The van der Waals surface area contributed by atoms with Crippen molar-refractivity contribution in [3.8, 4) is 0 Å². The summed E-state index contributed by atoms with van der Waals surface area (Å²) in [5.41, 5.74) is 0.874. The van der Waals surface area contributed by atoms with Gasteiger partial charge in [0.1, 0.15) is 0 Å². The fraction of sp³-hybridized carbons (Fsp3) is 0.190. The second-order valence-corrected chi connectivity index (χ2v) is 7.53. The minimum Gasteiger partial charge on any atom is -0.313 e. The number of alkyl halides is 3. The monoisotopic (exact) mass is 402 g/mol. The van der Waals surface area contributed by atoms with E-state index < -0.39 is 17.8 Å². The van der Waals surface area contributed by atoms with Crippen molar-refractivity contribution in [1.29, 1.82) is 0 Å². The highest BCUT2D eigenvalue weighted by Gasteiger charge is 2.36. The summed E-state index contributed by atoms with van der Waals surface area (Å²) in [6.45, 7) is 0.438. The van der Waals surface area contributed by atoms with Crippen LogP contribution >= 0.6 is 11.3 Å². The average Bonchev–Trinajstić information content (AvgIpc) is 3.16. The first-order valence-corrected chi connectivity index (χ1v) is 9.68. The number of nitrogens with zero attached hydrogens (tertiary/aromatic N) is 1. The molecular formula is C21H17F3N2OS. The fourth-order valence-corrected chi connectivity index (χ4v) is 4.46. The molecule has 4 rings (SSSR count). The van der Waals surface area contributed by atoms with Crippen LogP contribution in [0.5, 0.6) is 0 Å². The number of amides is 2. The molecule has 2 heterocycles. The molecular weight excluding hydrogens is 385 g/mol. The molecule has 28 heavy (non-hydrogen) atoms. The quantitative estimate of drug-likeness (QED) is 0.565. The van der Waals surface area contributed by atoms with E-state index in [1.807, 2.05) is 41.8 Å². The Kier molecular flexibility index (Phi) is 4.85. The van der Waals surface area contributed by atoms with Crippen LogP contribution in [0.2, 0.25) is 0 Å². The second kappa shape index (κ2) is 7.31. The van der Waals surface area contributed by atoms with Gasteiger partial charge in [0.05, 0.1) is 17.3 Å². The lowest BCUT2D eigenvalue weighted by Crippen LogP contribution is -2.42. The van der Waals surface area contributed by atoms with Crippen molar-refractivity contribution in [2.45, 2.75) is 18.6 Å². The number of rotatable bonds is 2. The van der Waals surface area contributed by atoms with E-state index in [0.717, 1.165) is 17.2 Å². The summed E-state index contributed by atoms with van der Waals surface area (Å²) in [5, 5.41) is 4.47. The summed E-state index contributed by atoms with van der Waals surface area (Å²) in [7, 11) is 0. The zero-order valence-corrected chi connectivity index (χ0v) is 15.6. The molecule has 0 fully saturated rings. The number of hydrogen-bond acceptors (Lipinski definition) is 2. The van der Waals surface area contributed by atoms with E-state index in [9.17, 15) is 18.0 Å². The lowest BCUT2D eigenvalue weighted by molar-refractivity contribution is -0.136. The first kappa shape index (κ1) is 18.6. The summed E-state index contributed by atoms with van der Waals surface area (Å²) in [5.74, 6) is 0. The van der Waals surface area contributed by atoms with Crippen molar-refractivity contribution in [2.75, 3.05) is 11.9 Å². The number of anilines is 1. The van der Waals surface area contributed by atoms with Crippen molar-refractivity contribution < 1.29 is 18.0 Å². The van der Waals surface area contributed by atoms with Crippen LogP contribution in [-0.4, -0.2) is 17.5 Å². The third kappa shape index (κ3) is 3.49. The van der Waals surface area contributed by atoms with Crippen molar-refractivity contribution in [2.24, 2.45) is 0 Å². The largest absolute Gasteiger partial charge is 0.418 e. The molecule has 0 aliphatic carbocycles. The van der Waals surface area contributed by atoms with Gasteiger partial charge in [-0.1, -0.05) is 42.5 Å². The third-order valence-electron chi connectivity index (χ3n) is 4.82.